The average Bonchev–Trinajstić information content (AvgIpc) is 3.28. The summed E-state index contributed by atoms with van der Waals surface area (Å²) >= 11 is 6.24. The molecule has 1 saturated heterocycles. The lowest BCUT2D eigenvalue weighted by Crippen LogP contribution is -2.75. The molecule has 0 radical (unpaired) electrons. The third-order valence-electron chi connectivity index (χ3n) is 10.3. The number of carbonyl (C=O) groups is 3. The summed E-state index contributed by atoms with van der Waals surface area (Å²) in [4.78, 5) is 45.6. The predicted molar refractivity (Wildman–Crippen MR) is 147 cm³/mol. The summed E-state index contributed by atoms with van der Waals surface area (Å²) in [5, 5.41) is 1.45. The fourth-order valence-electron chi connectivity index (χ4n) is 7.82. The van der Waals surface area contributed by atoms with Gasteiger partial charge in [-0.25, -0.2) is 9.18 Å². The van der Waals surface area contributed by atoms with Gasteiger partial charge in [0, 0.05) is 27.6 Å². The van der Waals surface area contributed by atoms with Gasteiger partial charge in [0.2, 0.25) is 0 Å². The van der Waals surface area contributed by atoms with E-state index in [0.29, 0.717) is 20.9 Å². The number of esters is 1. The van der Waals surface area contributed by atoms with Gasteiger partial charge in [0.1, 0.15) is 25.4 Å². The average molecular weight is 656 g/mol. The molecule has 2 aromatic carbocycles. The predicted octanol–water partition coefficient (Wildman–Crippen LogP) is 5.85. The van der Waals surface area contributed by atoms with E-state index >= 15 is 4.39 Å². The fraction of sp³-hybridized carbons (Fsp3) is 0.516. The third kappa shape index (κ3) is 4.02. The Morgan fingerprint density at radius 2 is 1.71 bits per heavy atom. The van der Waals surface area contributed by atoms with Crippen LogP contribution in [-0.2, 0) is 23.8 Å². The molecular weight excluding hydrogens is 629 g/mol. The van der Waals surface area contributed by atoms with Crippen molar-refractivity contribution in [2.45, 2.75) is 67.9 Å². The quantitative estimate of drug-likeness (QED) is 0.167. The monoisotopic (exact) mass is 655 g/mol. The highest BCUT2D eigenvalue weighted by molar-refractivity contribution is 6.38. The van der Waals surface area contributed by atoms with Gasteiger partial charge in [0.25, 0.3) is 17.5 Å². The van der Waals surface area contributed by atoms with Gasteiger partial charge >= 0.3 is 17.8 Å². The fourth-order valence-corrected chi connectivity index (χ4v) is 8.04. The van der Waals surface area contributed by atoms with Crippen molar-refractivity contribution in [1.82, 2.24) is 5.06 Å². The maximum atomic E-state index is 16.6. The van der Waals surface area contributed by atoms with Crippen molar-refractivity contribution in [3.05, 3.63) is 58.6 Å². The number of amides is 2. The van der Waals surface area contributed by atoms with Crippen LogP contribution in [0.15, 0.2) is 42.5 Å². The molecule has 6 unspecified atom stereocenters. The van der Waals surface area contributed by atoms with Crippen molar-refractivity contribution in [2.75, 3.05) is 19.8 Å². The summed E-state index contributed by atoms with van der Waals surface area (Å²) in [5.74, 6) is -12.4. The van der Waals surface area contributed by atoms with Crippen LogP contribution in [0.3, 0.4) is 0 Å². The molecule has 0 aromatic heterocycles. The molecule has 7 rings (SSSR count). The van der Waals surface area contributed by atoms with Crippen molar-refractivity contribution in [3.8, 4) is 0 Å². The molecule has 8 nitrogen and oxygen atoms in total. The Morgan fingerprint density at radius 1 is 1.04 bits per heavy atom. The van der Waals surface area contributed by atoms with Crippen LogP contribution in [0, 0.1) is 11.3 Å². The molecule has 5 aliphatic rings. The molecule has 14 heteroatoms. The molecule has 6 atom stereocenters. The minimum absolute atomic E-state index is 0.0786. The van der Waals surface area contributed by atoms with E-state index in [1.54, 1.807) is 12.1 Å². The number of ether oxygens (including phenoxy) is 3. The molecule has 2 aromatic rings. The highest BCUT2D eigenvalue weighted by Gasteiger charge is 2.81. The second kappa shape index (κ2) is 9.69. The Hall–Kier alpha value is -3.13. The normalized spacial score (nSPS) is 33.8. The molecule has 4 fully saturated rings. The highest BCUT2D eigenvalue weighted by Crippen LogP contribution is 2.76. The number of halogens is 6. The number of fused-ring (bicyclic) bond motifs is 1. The Bertz CT molecular complexity index is 1660. The molecule has 2 aliphatic heterocycles. The lowest BCUT2D eigenvalue weighted by molar-refractivity contribution is -0.338. The zero-order valence-corrected chi connectivity index (χ0v) is 24.6. The Balaban J connectivity index is 1.13. The Kier molecular flexibility index (Phi) is 6.57. The molecule has 2 amide bonds. The Morgan fingerprint density at radius 3 is 2.38 bits per heavy atom. The number of imide groups is 1. The molecule has 1 spiro atoms. The lowest BCUT2D eigenvalue weighted by atomic mass is 9.39. The zero-order valence-electron chi connectivity index (χ0n) is 23.8. The second-order valence-electron chi connectivity index (χ2n) is 12.7. The van der Waals surface area contributed by atoms with E-state index in [1.807, 2.05) is 0 Å². The molecule has 2 bridgehead atoms. The topological polar surface area (TPSA) is 91.4 Å². The largest absolute Gasteiger partial charge is 0.456 e. The van der Waals surface area contributed by atoms with E-state index in [1.165, 1.54) is 25.1 Å². The maximum absolute atomic E-state index is 16.6. The van der Waals surface area contributed by atoms with Crippen molar-refractivity contribution in [3.63, 3.8) is 0 Å². The number of alkyl halides is 5. The van der Waals surface area contributed by atoms with Crippen LogP contribution < -0.4 is 0 Å². The van der Waals surface area contributed by atoms with E-state index in [4.69, 9.17) is 30.6 Å². The summed E-state index contributed by atoms with van der Waals surface area (Å²) in [6.45, 7) is 0.485. The standard InChI is InChI=1S/C31H27ClF5NO7/c1-15(2)29(33,12-44-38-24(39)19-5-3-4-18-21(32)7-6-20(23(18)19)25(38)40)26(41)45-27-9-16-8-22-28(16,27)11-17(10-27)42-13-30(34,35)31(36,37)14-43-22/h3-7,16-17,22H,1,8-14H2,2H3. The summed E-state index contributed by atoms with van der Waals surface area (Å²) < 4.78 is 90.1. The first-order valence-electron chi connectivity index (χ1n) is 14.4. The van der Waals surface area contributed by atoms with E-state index in [2.05, 4.69) is 6.58 Å². The summed E-state index contributed by atoms with van der Waals surface area (Å²) in [5.41, 5.74) is -5.72. The van der Waals surface area contributed by atoms with Crippen molar-refractivity contribution < 1.29 is 55.4 Å². The van der Waals surface area contributed by atoms with Gasteiger partial charge in [0.05, 0.1) is 23.3 Å². The number of carbonyl (C=O) groups excluding carboxylic acids is 3. The molecule has 3 aliphatic carbocycles. The number of rotatable bonds is 6. The first kappa shape index (κ1) is 30.5. The number of nitrogens with zero attached hydrogens (tertiary/aromatic N) is 1. The summed E-state index contributed by atoms with van der Waals surface area (Å²) in [7, 11) is 0. The molecule has 45 heavy (non-hydrogen) atoms. The van der Waals surface area contributed by atoms with Gasteiger partial charge in [-0.05, 0) is 55.9 Å². The van der Waals surface area contributed by atoms with Gasteiger partial charge in [-0.1, -0.05) is 30.3 Å². The van der Waals surface area contributed by atoms with Crippen LogP contribution >= 0.6 is 11.6 Å². The third-order valence-corrected chi connectivity index (χ3v) is 10.7. The number of benzene rings is 2. The van der Waals surface area contributed by atoms with Crippen molar-refractivity contribution in [1.29, 1.82) is 0 Å². The Labute approximate surface area is 258 Å². The minimum atomic E-state index is -4.49. The first-order chi connectivity index (χ1) is 21.1. The SMILES string of the molecule is C=C(C)C(F)(CON1C(=O)c2cccc3c(Cl)ccc(c23)C1=O)C(=O)OC12CC3CC14C(CC4OCC(F)(F)C(F)(F)CO3)C2. The molecule has 3 saturated carbocycles. The van der Waals surface area contributed by atoms with Crippen LogP contribution in [0.1, 0.15) is 53.3 Å². The van der Waals surface area contributed by atoms with E-state index < -0.39 is 78.3 Å². The van der Waals surface area contributed by atoms with E-state index in [-0.39, 0.29) is 48.3 Å². The van der Waals surface area contributed by atoms with Crippen LogP contribution in [0.4, 0.5) is 22.0 Å². The summed E-state index contributed by atoms with van der Waals surface area (Å²) in [6, 6.07) is 7.52. The van der Waals surface area contributed by atoms with Gasteiger partial charge in [-0.3, -0.25) is 14.4 Å². The molecule has 240 valence electrons. The van der Waals surface area contributed by atoms with E-state index in [9.17, 15) is 31.9 Å². The van der Waals surface area contributed by atoms with Gasteiger partial charge < -0.3 is 14.2 Å². The lowest BCUT2D eigenvalue weighted by Gasteiger charge is -2.70. The van der Waals surface area contributed by atoms with Gasteiger partial charge in [0.15, 0.2) is 0 Å². The maximum Gasteiger partial charge on any atom is 0.351 e. The number of hydrogen-bond acceptors (Lipinski definition) is 7. The van der Waals surface area contributed by atoms with Crippen LogP contribution in [0.25, 0.3) is 10.8 Å². The number of hydrogen-bond donors (Lipinski definition) is 0. The highest BCUT2D eigenvalue weighted by atomic mass is 35.5. The van der Waals surface area contributed by atoms with Crippen LogP contribution in [0.5, 0.6) is 0 Å². The van der Waals surface area contributed by atoms with E-state index in [0.717, 1.165) is 0 Å². The smallest absolute Gasteiger partial charge is 0.351 e. The minimum Gasteiger partial charge on any atom is -0.456 e. The van der Waals surface area contributed by atoms with Crippen molar-refractivity contribution in [2.24, 2.45) is 11.3 Å². The van der Waals surface area contributed by atoms with Gasteiger partial charge in [-0.2, -0.15) is 17.6 Å². The second-order valence-corrected chi connectivity index (χ2v) is 13.1. The first-order valence-corrected chi connectivity index (χ1v) is 14.7. The molecular formula is C31H27ClF5NO7. The van der Waals surface area contributed by atoms with Crippen LogP contribution in [-0.4, -0.2) is 78.0 Å². The summed E-state index contributed by atoms with van der Waals surface area (Å²) in [6.07, 6.45) is -1.42. The number of hydroxylamine groups is 2. The molecule has 0 N–H and O–H groups in total. The molecule has 2 heterocycles. The van der Waals surface area contributed by atoms with Crippen LogP contribution in [0.2, 0.25) is 5.02 Å². The van der Waals surface area contributed by atoms with Crippen molar-refractivity contribution >= 4 is 40.2 Å². The van der Waals surface area contributed by atoms with Gasteiger partial charge in [-0.15, -0.1) is 5.06 Å². The zero-order chi connectivity index (χ0) is 32.3.